The highest BCUT2D eigenvalue weighted by atomic mass is 16.6. The largest absolute Gasteiger partial charge is 0.450 e. The van der Waals surface area contributed by atoms with E-state index < -0.39 is 0 Å². The quantitative estimate of drug-likeness (QED) is 0.798. The van der Waals surface area contributed by atoms with Crippen molar-refractivity contribution in [2.24, 2.45) is 0 Å². The van der Waals surface area contributed by atoms with Gasteiger partial charge in [-0.05, 0) is 20.4 Å². The average Bonchev–Trinajstić information content (AvgIpc) is 2.44. The molecular formula is C13H25N3O3. The first kappa shape index (κ1) is 15.8. The number of hydrogen-bond donors (Lipinski definition) is 1. The number of ether oxygens (including phenoxy) is 1. The molecule has 1 heterocycles. The number of nitrogens with one attached hydrogen (secondary N) is 1. The lowest BCUT2D eigenvalue weighted by Gasteiger charge is -2.35. The highest BCUT2D eigenvalue weighted by Gasteiger charge is 2.28. The van der Waals surface area contributed by atoms with Gasteiger partial charge >= 0.3 is 6.09 Å². The van der Waals surface area contributed by atoms with Crippen LogP contribution in [0.25, 0.3) is 0 Å². The smallest absolute Gasteiger partial charge is 0.409 e. The molecule has 0 saturated carbocycles. The molecule has 0 unspecified atom stereocenters. The molecule has 0 aromatic rings. The molecule has 1 rings (SSSR count). The van der Waals surface area contributed by atoms with Crippen LogP contribution in [0, 0.1) is 0 Å². The Morgan fingerprint density at radius 2 is 1.74 bits per heavy atom. The van der Waals surface area contributed by atoms with Gasteiger partial charge < -0.3 is 19.9 Å². The normalized spacial score (nSPS) is 17.2. The third-order valence-electron chi connectivity index (χ3n) is 3.34. The third kappa shape index (κ3) is 4.38. The monoisotopic (exact) mass is 271 g/mol. The molecule has 0 radical (unpaired) electrons. The molecule has 0 spiro atoms. The summed E-state index contributed by atoms with van der Waals surface area (Å²) in [6.07, 6.45) is 1.53. The maximum Gasteiger partial charge on any atom is 0.409 e. The second kappa shape index (κ2) is 7.99. The number of nitrogens with zero attached hydrogens (tertiary/aromatic N) is 2. The third-order valence-corrected chi connectivity index (χ3v) is 3.34. The Morgan fingerprint density at radius 3 is 2.21 bits per heavy atom. The van der Waals surface area contributed by atoms with E-state index in [9.17, 15) is 9.59 Å². The number of piperazine rings is 1. The SMILES string of the molecule is CCC[C@H](NC)C(=O)N1CCN(C(=O)OCC)CC1. The zero-order valence-electron chi connectivity index (χ0n) is 12.1. The predicted molar refractivity (Wildman–Crippen MR) is 72.9 cm³/mol. The fraction of sp³-hybridized carbons (Fsp3) is 0.846. The van der Waals surface area contributed by atoms with Gasteiger partial charge in [-0.2, -0.15) is 0 Å². The Kier molecular flexibility index (Phi) is 6.62. The van der Waals surface area contributed by atoms with E-state index in [4.69, 9.17) is 4.74 Å². The highest BCUT2D eigenvalue weighted by molar-refractivity contribution is 5.82. The number of hydrogen-bond acceptors (Lipinski definition) is 4. The molecule has 1 N–H and O–H groups in total. The van der Waals surface area contributed by atoms with Gasteiger partial charge in [-0.25, -0.2) is 4.79 Å². The zero-order chi connectivity index (χ0) is 14.3. The number of carbonyl (C=O) groups excluding carboxylic acids is 2. The Balaban J connectivity index is 2.44. The van der Waals surface area contributed by atoms with Crippen LogP contribution in [0.3, 0.4) is 0 Å². The van der Waals surface area contributed by atoms with E-state index in [1.165, 1.54) is 0 Å². The van der Waals surface area contributed by atoms with E-state index in [1.54, 1.807) is 11.8 Å². The number of carbonyl (C=O) groups is 2. The molecule has 0 bridgehead atoms. The topological polar surface area (TPSA) is 61.9 Å². The maximum absolute atomic E-state index is 12.3. The van der Waals surface area contributed by atoms with Gasteiger partial charge in [-0.1, -0.05) is 13.3 Å². The van der Waals surface area contributed by atoms with Crippen LogP contribution in [0.1, 0.15) is 26.7 Å². The molecule has 6 nitrogen and oxygen atoms in total. The van der Waals surface area contributed by atoms with Crippen LogP contribution in [0.4, 0.5) is 4.79 Å². The van der Waals surface area contributed by atoms with Crippen LogP contribution in [0.2, 0.25) is 0 Å². The summed E-state index contributed by atoms with van der Waals surface area (Å²) in [6, 6.07) is -0.112. The van der Waals surface area contributed by atoms with Crippen LogP contribution < -0.4 is 5.32 Å². The van der Waals surface area contributed by atoms with Gasteiger partial charge in [-0.15, -0.1) is 0 Å². The summed E-state index contributed by atoms with van der Waals surface area (Å²) >= 11 is 0. The van der Waals surface area contributed by atoms with Crippen molar-refractivity contribution in [3.05, 3.63) is 0 Å². The predicted octanol–water partition coefficient (Wildman–Crippen LogP) is 0.675. The first-order valence-electron chi connectivity index (χ1n) is 7.01. The van der Waals surface area contributed by atoms with Crippen molar-refractivity contribution in [3.8, 4) is 0 Å². The lowest BCUT2D eigenvalue weighted by Crippen LogP contribution is -2.54. The second-order valence-corrected chi connectivity index (χ2v) is 4.64. The molecule has 110 valence electrons. The minimum absolute atomic E-state index is 0.112. The van der Waals surface area contributed by atoms with Crippen molar-refractivity contribution in [2.45, 2.75) is 32.7 Å². The van der Waals surface area contributed by atoms with Gasteiger partial charge in [0.1, 0.15) is 0 Å². The number of amides is 2. The van der Waals surface area contributed by atoms with Gasteiger partial charge in [0.2, 0.25) is 5.91 Å². The van der Waals surface area contributed by atoms with Gasteiger partial charge in [0, 0.05) is 26.2 Å². The minimum Gasteiger partial charge on any atom is -0.450 e. The molecular weight excluding hydrogens is 246 g/mol. The summed E-state index contributed by atoms with van der Waals surface area (Å²) in [5.74, 6) is 0.132. The van der Waals surface area contributed by atoms with E-state index in [1.807, 2.05) is 11.9 Å². The van der Waals surface area contributed by atoms with Gasteiger partial charge in [0.05, 0.1) is 12.6 Å². The fourth-order valence-corrected chi connectivity index (χ4v) is 2.22. The van der Waals surface area contributed by atoms with Crippen LogP contribution in [-0.4, -0.2) is 67.7 Å². The van der Waals surface area contributed by atoms with Gasteiger partial charge in [0.15, 0.2) is 0 Å². The van der Waals surface area contributed by atoms with Crippen molar-refractivity contribution < 1.29 is 14.3 Å². The Labute approximate surface area is 115 Å². The zero-order valence-corrected chi connectivity index (χ0v) is 12.1. The molecule has 0 aromatic carbocycles. The van der Waals surface area contributed by atoms with Crippen molar-refractivity contribution in [1.82, 2.24) is 15.1 Å². The standard InChI is InChI=1S/C13H25N3O3/c1-4-6-11(14-3)12(17)15-7-9-16(10-8-15)13(18)19-5-2/h11,14H,4-10H2,1-3H3/t11-/m0/s1. The summed E-state index contributed by atoms with van der Waals surface area (Å²) in [5.41, 5.74) is 0. The average molecular weight is 271 g/mol. The Hall–Kier alpha value is -1.30. The van der Waals surface area contributed by atoms with Gasteiger partial charge in [0.25, 0.3) is 0 Å². The van der Waals surface area contributed by atoms with E-state index >= 15 is 0 Å². The number of likely N-dealkylation sites (N-methyl/N-ethyl adjacent to an activating group) is 1. The fourth-order valence-electron chi connectivity index (χ4n) is 2.22. The molecule has 1 fully saturated rings. The first-order valence-corrected chi connectivity index (χ1v) is 7.01. The summed E-state index contributed by atoms with van der Waals surface area (Å²) in [5, 5.41) is 3.06. The van der Waals surface area contributed by atoms with Crippen LogP contribution in [0.15, 0.2) is 0 Å². The molecule has 0 aliphatic carbocycles. The Morgan fingerprint density at radius 1 is 1.16 bits per heavy atom. The lowest BCUT2D eigenvalue weighted by molar-refractivity contribution is -0.135. The van der Waals surface area contributed by atoms with E-state index in [0.717, 1.165) is 12.8 Å². The Bertz CT molecular complexity index is 302. The minimum atomic E-state index is -0.284. The maximum atomic E-state index is 12.3. The molecule has 6 heteroatoms. The molecule has 1 saturated heterocycles. The summed E-state index contributed by atoms with van der Waals surface area (Å²) in [7, 11) is 1.81. The summed E-state index contributed by atoms with van der Waals surface area (Å²) in [6.45, 7) is 6.51. The summed E-state index contributed by atoms with van der Waals surface area (Å²) < 4.78 is 4.96. The van der Waals surface area contributed by atoms with Gasteiger partial charge in [-0.3, -0.25) is 4.79 Å². The molecule has 19 heavy (non-hydrogen) atoms. The molecule has 0 aromatic heterocycles. The van der Waals surface area contributed by atoms with Crippen molar-refractivity contribution in [1.29, 1.82) is 0 Å². The molecule has 1 aliphatic heterocycles. The van der Waals surface area contributed by atoms with E-state index in [-0.39, 0.29) is 18.0 Å². The number of rotatable bonds is 5. The van der Waals surface area contributed by atoms with Crippen LogP contribution in [-0.2, 0) is 9.53 Å². The van der Waals surface area contributed by atoms with Crippen molar-refractivity contribution >= 4 is 12.0 Å². The molecule has 1 atom stereocenters. The first-order chi connectivity index (χ1) is 9.13. The van der Waals surface area contributed by atoms with Crippen LogP contribution in [0.5, 0.6) is 0 Å². The van der Waals surface area contributed by atoms with E-state index in [2.05, 4.69) is 12.2 Å². The second-order valence-electron chi connectivity index (χ2n) is 4.64. The summed E-state index contributed by atoms with van der Waals surface area (Å²) in [4.78, 5) is 27.3. The van der Waals surface area contributed by atoms with Crippen molar-refractivity contribution in [3.63, 3.8) is 0 Å². The van der Waals surface area contributed by atoms with Crippen molar-refractivity contribution in [2.75, 3.05) is 39.8 Å². The van der Waals surface area contributed by atoms with Crippen LogP contribution >= 0.6 is 0 Å². The molecule has 1 aliphatic rings. The van der Waals surface area contributed by atoms with E-state index in [0.29, 0.717) is 32.8 Å². The highest BCUT2D eigenvalue weighted by Crippen LogP contribution is 2.08. The molecule has 2 amide bonds. The lowest BCUT2D eigenvalue weighted by atomic mass is 10.1.